The van der Waals surface area contributed by atoms with E-state index in [4.69, 9.17) is 15.5 Å². The van der Waals surface area contributed by atoms with Gasteiger partial charge in [-0.1, -0.05) is 18.2 Å². The molecule has 0 amide bonds. The highest BCUT2D eigenvalue weighted by Gasteiger charge is 2.20. The van der Waals surface area contributed by atoms with Gasteiger partial charge in [-0.25, -0.2) is 18.4 Å². The number of rotatable bonds is 4. The van der Waals surface area contributed by atoms with Crippen molar-refractivity contribution in [1.82, 2.24) is 19.9 Å². The summed E-state index contributed by atoms with van der Waals surface area (Å²) in [7, 11) is -3.44. The minimum absolute atomic E-state index is 0.121. The van der Waals surface area contributed by atoms with Crippen LogP contribution >= 0.6 is 0 Å². The highest BCUT2D eigenvalue weighted by atomic mass is 32.2. The second kappa shape index (κ2) is 7.17. The SMILES string of the molecule is CS(=O)(=O)Nc1ccccc1-c1cnc2nc(N)nc(N3CCOCC3)c2n1. The van der Waals surface area contributed by atoms with Crippen molar-refractivity contribution >= 4 is 38.6 Å². The molecule has 0 saturated carbocycles. The maximum absolute atomic E-state index is 11.7. The summed E-state index contributed by atoms with van der Waals surface area (Å²) in [4.78, 5) is 19.6. The number of nitrogens with one attached hydrogen (secondary N) is 1. The van der Waals surface area contributed by atoms with Crippen molar-refractivity contribution in [1.29, 1.82) is 0 Å². The number of nitrogens with two attached hydrogens (primary N) is 1. The van der Waals surface area contributed by atoms with Gasteiger partial charge in [0.1, 0.15) is 0 Å². The third kappa shape index (κ3) is 3.80. The second-order valence-corrected chi connectivity index (χ2v) is 8.10. The van der Waals surface area contributed by atoms with Crippen LogP contribution < -0.4 is 15.4 Å². The summed E-state index contributed by atoms with van der Waals surface area (Å²) in [6, 6.07) is 6.99. The fraction of sp³-hybridized carbons (Fsp3) is 0.294. The van der Waals surface area contributed by atoms with E-state index in [2.05, 4.69) is 19.7 Å². The first-order chi connectivity index (χ1) is 13.4. The van der Waals surface area contributed by atoms with E-state index in [0.29, 0.717) is 60.2 Å². The Hall–Kier alpha value is -3.05. The number of nitrogen functional groups attached to an aromatic ring is 1. The lowest BCUT2D eigenvalue weighted by atomic mass is 10.1. The summed E-state index contributed by atoms with van der Waals surface area (Å²) in [5, 5.41) is 0. The van der Waals surface area contributed by atoms with Gasteiger partial charge < -0.3 is 15.4 Å². The highest BCUT2D eigenvalue weighted by Crippen LogP contribution is 2.30. The van der Waals surface area contributed by atoms with Gasteiger partial charge in [0.2, 0.25) is 16.0 Å². The zero-order chi connectivity index (χ0) is 19.7. The van der Waals surface area contributed by atoms with Crippen LogP contribution in [-0.2, 0) is 14.8 Å². The lowest BCUT2D eigenvalue weighted by molar-refractivity contribution is 0.122. The normalized spacial score (nSPS) is 15.0. The Morgan fingerprint density at radius 2 is 1.89 bits per heavy atom. The van der Waals surface area contributed by atoms with E-state index in [1.54, 1.807) is 30.5 Å². The van der Waals surface area contributed by atoms with Crippen molar-refractivity contribution in [2.24, 2.45) is 0 Å². The standard InChI is InChI=1S/C17H19N7O3S/c1-28(25,26)23-12-5-3-2-4-11(12)13-10-19-15-14(20-13)16(22-17(18)21-15)24-6-8-27-9-7-24/h2-5,10,23H,6-9H2,1H3,(H2,18,19,21,22). The van der Waals surface area contributed by atoms with Crippen LogP contribution in [0.15, 0.2) is 30.5 Å². The Morgan fingerprint density at radius 3 is 2.64 bits per heavy atom. The quantitative estimate of drug-likeness (QED) is 0.652. The number of fused-ring (bicyclic) bond motifs is 1. The third-order valence-electron chi connectivity index (χ3n) is 4.21. The largest absolute Gasteiger partial charge is 0.378 e. The van der Waals surface area contributed by atoms with E-state index in [1.165, 1.54) is 0 Å². The van der Waals surface area contributed by atoms with Crippen LogP contribution in [0, 0.1) is 0 Å². The number of hydrogen-bond acceptors (Lipinski definition) is 9. The smallest absolute Gasteiger partial charge is 0.229 e. The highest BCUT2D eigenvalue weighted by molar-refractivity contribution is 7.92. The average Bonchev–Trinajstić information content (AvgIpc) is 2.67. The number of benzene rings is 1. The number of nitrogens with zero attached hydrogens (tertiary/aromatic N) is 5. The molecule has 1 saturated heterocycles. The predicted octanol–water partition coefficient (Wildman–Crippen LogP) is 0.877. The van der Waals surface area contributed by atoms with Crippen molar-refractivity contribution in [3.63, 3.8) is 0 Å². The summed E-state index contributed by atoms with van der Waals surface area (Å²) in [6.07, 6.45) is 2.64. The first kappa shape index (κ1) is 18.3. The molecule has 146 valence electrons. The van der Waals surface area contributed by atoms with Crippen molar-refractivity contribution in [2.75, 3.05) is 47.9 Å². The number of hydrogen-bond donors (Lipinski definition) is 2. The van der Waals surface area contributed by atoms with Crippen molar-refractivity contribution < 1.29 is 13.2 Å². The van der Waals surface area contributed by atoms with Gasteiger partial charge in [-0.15, -0.1) is 0 Å². The molecule has 3 aromatic rings. The van der Waals surface area contributed by atoms with Crippen molar-refractivity contribution in [3.8, 4) is 11.3 Å². The molecule has 4 rings (SSSR count). The molecular formula is C17H19N7O3S. The summed E-state index contributed by atoms with van der Waals surface area (Å²) in [5.74, 6) is 0.712. The number of ether oxygens (including phenoxy) is 1. The summed E-state index contributed by atoms with van der Waals surface area (Å²) in [5.41, 5.74) is 8.26. The molecule has 28 heavy (non-hydrogen) atoms. The maximum atomic E-state index is 11.7. The average molecular weight is 401 g/mol. The molecule has 10 nitrogen and oxygen atoms in total. The number of para-hydroxylation sites is 1. The Bertz CT molecular complexity index is 1130. The van der Waals surface area contributed by atoms with Gasteiger partial charge in [0, 0.05) is 18.7 Å². The molecule has 3 N–H and O–H groups in total. The summed E-state index contributed by atoms with van der Waals surface area (Å²) < 4.78 is 31.3. The minimum atomic E-state index is -3.44. The van der Waals surface area contributed by atoms with E-state index in [-0.39, 0.29) is 5.95 Å². The zero-order valence-corrected chi connectivity index (χ0v) is 16.0. The van der Waals surface area contributed by atoms with E-state index >= 15 is 0 Å². The van der Waals surface area contributed by atoms with Crippen LogP contribution in [0.4, 0.5) is 17.5 Å². The fourth-order valence-electron chi connectivity index (χ4n) is 3.03. The summed E-state index contributed by atoms with van der Waals surface area (Å²) >= 11 is 0. The molecule has 0 aliphatic carbocycles. The van der Waals surface area contributed by atoms with Crippen LogP contribution in [0.5, 0.6) is 0 Å². The molecule has 1 fully saturated rings. The molecule has 0 spiro atoms. The third-order valence-corrected chi connectivity index (χ3v) is 4.81. The Morgan fingerprint density at radius 1 is 1.14 bits per heavy atom. The molecule has 0 radical (unpaired) electrons. The number of morpholine rings is 1. The molecule has 1 aliphatic rings. The fourth-order valence-corrected chi connectivity index (χ4v) is 3.61. The monoisotopic (exact) mass is 401 g/mol. The minimum Gasteiger partial charge on any atom is -0.378 e. The predicted molar refractivity (Wildman–Crippen MR) is 106 cm³/mol. The van der Waals surface area contributed by atoms with E-state index < -0.39 is 10.0 Å². The summed E-state index contributed by atoms with van der Waals surface area (Å²) in [6.45, 7) is 2.48. The van der Waals surface area contributed by atoms with Gasteiger partial charge in [0.25, 0.3) is 0 Å². The first-order valence-corrected chi connectivity index (χ1v) is 10.5. The maximum Gasteiger partial charge on any atom is 0.229 e. The first-order valence-electron chi connectivity index (χ1n) is 8.61. The number of sulfonamides is 1. The molecule has 0 atom stereocenters. The lowest BCUT2D eigenvalue weighted by Crippen LogP contribution is -2.37. The van der Waals surface area contributed by atoms with Gasteiger partial charge >= 0.3 is 0 Å². The van der Waals surface area contributed by atoms with E-state index in [1.807, 2.05) is 4.90 Å². The van der Waals surface area contributed by atoms with Crippen LogP contribution in [0.2, 0.25) is 0 Å². The van der Waals surface area contributed by atoms with Gasteiger partial charge in [-0.2, -0.15) is 9.97 Å². The molecule has 2 aromatic heterocycles. The van der Waals surface area contributed by atoms with Crippen molar-refractivity contribution in [3.05, 3.63) is 30.5 Å². The van der Waals surface area contributed by atoms with E-state index in [9.17, 15) is 8.42 Å². The number of aromatic nitrogens is 4. The Kier molecular flexibility index (Phi) is 4.69. The van der Waals surface area contributed by atoms with Crippen LogP contribution in [0.1, 0.15) is 0 Å². The second-order valence-electron chi connectivity index (χ2n) is 6.35. The zero-order valence-electron chi connectivity index (χ0n) is 15.2. The molecule has 1 aromatic carbocycles. The van der Waals surface area contributed by atoms with Gasteiger partial charge in [0.05, 0.1) is 37.0 Å². The lowest BCUT2D eigenvalue weighted by Gasteiger charge is -2.28. The molecule has 0 bridgehead atoms. The molecular weight excluding hydrogens is 382 g/mol. The van der Waals surface area contributed by atoms with Crippen LogP contribution in [0.3, 0.4) is 0 Å². The van der Waals surface area contributed by atoms with Crippen LogP contribution in [-0.4, -0.2) is 60.9 Å². The van der Waals surface area contributed by atoms with Crippen LogP contribution in [0.25, 0.3) is 22.4 Å². The molecule has 11 heteroatoms. The topological polar surface area (TPSA) is 136 Å². The molecule has 0 unspecified atom stereocenters. The van der Waals surface area contributed by atoms with E-state index in [0.717, 1.165) is 6.26 Å². The van der Waals surface area contributed by atoms with Gasteiger partial charge in [0.15, 0.2) is 17.0 Å². The van der Waals surface area contributed by atoms with Crippen molar-refractivity contribution in [2.45, 2.75) is 0 Å². The Balaban J connectivity index is 1.85. The molecule has 3 heterocycles. The Labute approximate surface area is 161 Å². The molecule has 1 aliphatic heterocycles. The van der Waals surface area contributed by atoms with Gasteiger partial charge in [-0.3, -0.25) is 4.72 Å². The van der Waals surface area contributed by atoms with Gasteiger partial charge in [-0.05, 0) is 6.07 Å². The number of anilines is 3.